The third kappa shape index (κ3) is 5.22. The van der Waals surface area contributed by atoms with Crippen molar-refractivity contribution < 1.29 is 13.2 Å². The summed E-state index contributed by atoms with van der Waals surface area (Å²) in [6, 6.07) is 8.62. The van der Waals surface area contributed by atoms with E-state index in [1.165, 1.54) is 9.87 Å². The van der Waals surface area contributed by atoms with E-state index in [1.807, 2.05) is 53.7 Å². The van der Waals surface area contributed by atoms with E-state index in [0.717, 1.165) is 34.1 Å². The van der Waals surface area contributed by atoms with Crippen LogP contribution in [0, 0.1) is 34.6 Å². The van der Waals surface area contributed by atoms with Crippen LogP contribution >= 0.6 is 0 Å². The average molecular weight is 431 g/mol. The van der Waals surface area contributed by atoms with Crippen LogP contribution in [0.3, 0.4) is 0 Å². The van der Waals surface area contributed by atoms with Crippen molar-refractivity contribution in [1.29, 1.82) is 0 Å². The number of rotatable bonds is 7. The molecule has 2 aromatic carbocycles. The van der Waals surface area contributed by atoms with E-state index in [-0.39, 0.29) is 11.9 Å². The van der Waals surface area contributed by atoms with Gasteiger partial charge in [-0.05, 0) is 93.5 Å². The van der Waals surface area contributed by atoms with Gasteiger partial charge in [0.05, 0.1) is 18.0 Å². The topological polar surface area (TPSA) is 66.5 Å². The van der Waals surface area contributed by atoms with E-state index in [1.54, 1.807) is 6.07 Å². The Hall–Kier alpha value is -2.34. The standard InChI is InChI=1S/C24H34N2O3S/c1-9-23(26(30(8,28)29)21-11-10-15(2)17(4)13-21)24(27)25-20(7)22-14-18(5)16(3)12-19(22)6/h10-14,20,23H,9H2,1-8H3,(H,25,27)/t20-,23-/m0/s1. The number of carbonyl (C=O) groups is 1. The second-order valence-corrected chi connectivity index (χ2v) is 10.1. The van der Waals surface area contributed by atoms with Crippen LogP contribution in [0.2, 0.25) is 0 Å². The smallest absolute Gasteiger partial charge is 0.244 e. The molecule has 164 valence electrons. The van der Waals surface area contributed by atoms with Crippen molar-refractivity contribution in [3.8, 4) is 0 Å². The number of benzene rings is 2. The molecular formula is C24H34N2O3S. The Kier molecular flexibility index (Phi) is 7.35. The maximum absolute atomic E-state index is 13.2. The fourth-order valence-electron chi connectivity index (χ4n) is 3.76. The predicted octanol–water partition coefficient (Wildman–Crippen LogP) is 4.65. The van der Waals surface area contributed by atoms with Crippen molar-refractivity contribution in [1.82, 2.24) is 5.32 Å². The summed E-state index contributed by atoms with van der Waals surface area (Å²) in [5, 5.41) is 3.04. The lowest BCUT2D eigenvalue weighted by molar-refractivity contribution is -0.122. The molecule has 2 aromatic rings. The number of nitrogens with zero attached hydrogens (tertiary/aromatic N) is 1. The highest BCUT2D eigenvalue weighted by atomic mass is 32.2. The first-order valence-corrected chi connectivity index (χ1v) is 12.2. The zero-order chi connectivity index (χ0) is 22.8. The van der Waals surface area contributed by atoms with Crippen molar-refractivity contribution in [3.05, 3.63) is 63.7 Å². The lowest BCUT2D eigenvalue weighted by atomic mass is 9.96. The van der Waals surface area contributed by atoms with Gasteiger partial charge in [0.1, 0.15) is 6.04 Å². The van der Waals surface area contributed by atoms with E-state index >= 15 is 0 Å². The molecule has 30 heavy (non-hydrogen) atoms. The van der Waals surface area contributed by atoms with Crippen LogP contribution in [0.15, 0.2) is 30.3 Å². The Balaban J connectivity index is 2.38. The lowest BCUT2D eigenvalue weighted by Gasteiger charge is -2.31. The summed E-state index contributed by atoms with van der Waals surface area (Å²) >= 11 is 0. The zero-order valence-corrected chi connectivity index (χ0v) is 20.1. The summed E-state index contributed by atoms with van der Waals surface area (Å²) in [5.74, 6) is -0.300. The van der Waals surface area contributed by atoms with E-state index in [4.69, 9.17) is 0 Å². The molecule has 0 spiro atoms. The van der Waals surface area contributed by atoms with E-state index in [9.17, 15) is 13.2 Å². The average Bonchev–Trinajstić information content (AvgIpc) is 2.63. The summed E-state index contributed by atoms with van der Waals surface area (Å²) in [6.45, 7) is 13.8. The van der Waals surface area contributed by atoms with Crippen LogP contribution in [0.1, 0.15) is 59.7 Å². The van der Waals surface area contributed by atoms with E-state index in [0.29, 0.717) is 12.1 Å². The van der Waals surface area contributed by atoms with Crippen molar-refractivity contribution in [2.24, 2.45) is 0 Å². The molecule has 0 bridgehead atoms. The van der Waals surface area contributed by atoms with Crippen molar-refractivity contribution >= 4 is 21.6 Å². The molecule has 0 radical (unpaired) electrons. The summed E-state index contributed by atoms with van der Waals surface area (Å²) in [6.07, 6.45) is 1.51. The maximum Gasteiger partial charge on any atom is 0.244 e. The molecule has 0 heterocycles. The van der Waals surface area contributed by atoms with Crippen molar-refractivity contribution in [3.63, 3.8) is 0 Å². The van der Waals surface area contributed by atoms with Crippen molar-refractivity contribution in [2.75, 3.05) is 10.6 Å². The van der Waals surface area contributed by atoms with Gasteiger partial charge < -0.3 is 5.32 Å². The molecule has 0 fully saturated rings. The minimum Gasteiger partial charge on any atom is -0.348 e. The molecule has 0 saturated carbocycles. The third-order valence-electron chi connectivity index (χ3n) is 5.78. The second-order valence-electron chi connectivity index (χ2n) is 8.27. The number of anilines is 1. The first-order valence-electron chi connectivity index (χ1n) is 10.3. The maximum atomic E-state index is 13.2. The summed E-state index contributed by atoms with van der Waals surface area (Å²) < 4.78 is 26.6. The first-order chi connectivity index (χ1) is 13.9. The molecule has 0 unspecified atom stereocenters. The van der Waals surface area contributed by atoms with Gasteiger partial charge in [0.2, 0.25) is 15.9 Å². The highest BCUT2D eigenvalue weighted by Gasteiger charge is 2.32. The van der Waals surface area contributed by atoms with Gasteiger partial charge in [0.25, 0.3) is 0 Å². The van der Waals surface area contributed by atoms with Gasteiger partial charge in [-0.15, -0.1) is 0 Å². The third-order valence-corrected chi connectivity index (χ3v) is 6.96. The van der Waals surface area contributed by atoms with Gasteiger partial charge in [0.15, 0.2) is 0 Å². The molecule has 6 heteroatoms. The predicted molar refractivity (Wildman–Crippen MR) is 125 cm³/mol. The summed E-state index contributed by atoms with van der Waals surface area (Å²) in [7, 11) is -3.65. The summed E-state index contributed by atoms with van der Waals surface area (Å²) in [5.41, 5.74) is 7.08. The van der Waals surface area contributed by atoms with Gasteiger partial charge in [0, 0.05) is 0 Å². The normalized spacial score (nSPS) is 13.6. The minimum atomic E-state index is -3.65. The van der Waals surface area contributed by atoms with Crippen LogP contribution in [-0.2, 0) is 14.8 Å². The van der Waals surface area contributed by atoms with Crippen LogP contribution in [-0.4, -0.2) is 26.6 Å². The molecule has 0 aromatic heterocycles. The molecular weight excluding hydrogens is 396 g/mol. The van der Waals surface area contributed by atoms with Gasteiger partial charge in [-0.3, -0.25) is 9.10 Å². The Morgan fingerprint density at radius 1 is 0.933 bits per heavy atom. The fourth-order valence-corrected chi connectivity index (χ4v) is 4.96. The highest BCUT2D eigenvalue weighted by Crippen LogP contribution is 2.26. The van der Waals surface area contributed by atoms with E-state index in [2.05, 4.69) is 24.4 Å². The quantitative estimate of drug-likeness (QED) is 0.695. The van der Waals surface area contributed by atoms with Crippen LogP contribution in [0.4, 0.5) is 5.69 Å². The fraction of sp³-hybridized carbons (Fsp3) is 0.458. The molecule has 2 atom stereocenters. The molecule has 1 amide bonds. The molecule has 1 N–H and O–H groups in total. The largest absolute Gasteiger partial charge is 0.348 e. The van der Waals surface area contributed by atoms with Crippen LogP contribution < -0.4 is 9.62 Å². The van der Waals surface area contributed by atoms with Gasteiger partial charge >= 0.3 is 0 Å². The summed E-state index contributed by atoms with van der Waals surface area (Å²) in [4.78, 5) is 13.2. The molecule has 0 aliphatic heterocycles. The Morgan fingerprint density at radius 2 is 1.50 bits per heavy atom. The SMILES string of the molecule is CC[C@@H](C(=O)N[C@@H](C)c1cc(C)c(C)cc1C)N(c1ccc(C)c(C)c1)S(C)(=O)=O. The number of carbonyl (C=O) groups excluding carboxylic acids is 1. The molecule has 5 nitrogen and oxygen atoms in total. The minimum absolute atomic E-state index is 0.230. The number of sulfonamides is 1. The van der Waals surface area contributed by atoms with Gasteiger partial charge in [-0.2, -0.15) is 0 Å². The molecule has 0 saturated heterocycles. The number of amides is 1. The van der Waals surface area contributed by atoms with Crippen LogP contribution in [0.5, 0.6) is 0 Å². The molecule has 0 aliphatic rings. The number of hydrogen-bond acceptors (Lipinski definition) is 3. The number of nitrogens with one attached hydrogen (secondary N) is 1. The van der Waals surface area contributed by atoms with Gasteiger partial charge in [-0.1, -0.05) is 25.1 Å². The Morgan fingerprint density at radius 3 is 2.03 bits per heavy atom. The Bertz CT molecular complexity index is 1040. The lowest BCUT2D eigenvalue weighted by Crippen LogP contribution is -2.49. The zero-order valence-electron chi connectivity index (χ0n) is 19.3. The first kappa shape index (κ1) is 23.9. The van der Waals surface area contributed by atoms with Crippen molar-refractivity contribution in [2.45, 2.75) is 67.0 Å². The molecule has 0 aliphatic carbocycles. The second kappa shape index (κ2) is 9.21. The monoisotopic (exact) mass is 430 g/mol. The van der Waals surface area contributed by atoms with Gasteiger partial charge in [-0.25, -0.2) is 8.42 Å². The van der Waals surface area contributed by atoms with Crippen LogP contribution in [0.25, 0.3) is 0 Å². The molecule has 2 rings (SSSR count). The van der Waals surface area contributed by atoms with E-state index < -0.39 is 16.1 Å². The number of hydrogen-bond donors (Lipinski definition) is 1. The highest BCUT2D eigenvalue weighted by molar-refractivity contribution is 7.92. The Labute approximate surface area is 181 Å². The number of aryl methyl sites for hydroxylation is 5.